The van der Waals surface area contributed by atoms with E-state index in [1.807, 2.05) is 0 Å². The molecule has 0 atom stereocenters. The molecular formula is C14H24O6. The smallest absolute Gasteiger partial charge is 0.450 e. The monoisotopic (exact) mass is 288 g/mol. The zero-order valence-electron chi connectivity index (χ0n) is 11.8. The van der Waals surface area contributed by atoms with Crippen LogP contribution in [-0.2, 0) is 9.47 Å². The van der Waals surface area contributed by atoms with Crippen LogP contribution in [0.2, 0.25) is 0 Å². The lowest BCUT2D eigenvalue weighted by Crippen LogP contribution is -2.01. The maximum absolute atomic E-state index is 10.1. The van der Waals surface area contributed by atoms with Crippen molar-refractivity contribution >= 4 is 12.3 Å². The summed E-state index contributed by atoms with van der Waals surface area (Å²) < 4.78 is 8.80. The number of ether oxygens (including phenoxy) is 2. The Morgan fingerprint density at radius 2 is 1.10 bits per heavy atom. The third-order valence-corrected chi connectivity index (χ3v) is 2.65. The van der Waals surface area contributed by atoms with Gasteiger partial charge < -0.3 is 19.7 Å². The van der Waals surface area contributed by atoms with Crippen molar-refractivity contribution < 1.29 is 29.3 Å². The van der Waals surface area contributed by atoms with Gasteiger partial charge in [0.05, 0.1) is 13.2 Å². The first-order valence-electron chi connectivity index (χ1n) is 6.99. The largest absolute Gasteiger partial charge is 0.505 e. The molecule has 0 spiro atoms. The number of rotatable bonds is 12. The van der Waals surface area contributed by atoms with Crippen LogP contribution in [0.3, 0.4) is 0 Å². The Morgan fingerprint density at radius 1 is 0.700 bits per heavy atom. The van der Waals surface area contributed by atoms with E-state index < -0.39 is 12.3 Å². The summed E-state index contributed by atoms with van der Waals surface area (Å²) in [6.45, 7) is 0.551. The number of hydrogen-bond acceptors (Lipinski definition) is 4. The summed E-state index contributed by atoms with van der Waals surface area (Å²) in [6.07, 6.45) is 9.36. The van der Waals surface area contributed by atoms with E-state index in [9.17, 15) is 9.59 Å². The van der Waals surface area contributed by atoms with Crippen LogP contribution in [0, 0.1) is 0 Å². The molecule has 0 bridgehead atoms. The summed E-state index contributed by atoms with van der Waals surface area (Å²) in [6, 6.07) is 0. The fourth-order valence-corrected chi connectivity index (χ4v) is 1.64. The van der Waals surface area contributed by atoms with Crippen molar-refractivity contribution in [1.82, 2.24) is 0 Å². The lowest BCUT2D eigenvalue weighted by Gasteiger charge is -2.00. The predicted octanol–water partition coefficient (Wildman–Crippen LogP) is 4.05. The van der Waals surface area contributed by atoms with Crippen LogP contribution >= 0.6 is 0 Å². The zero-order chi connectivity index (χ0) is 15.1. The summed E-state index contributed by atoms with van der Waals surface area (Å²) in [7, 11) is 0. The molecule has 0 unspecified atom stereocenters. The van der Waals surface area contributed by atoms with Crippen molar-refractivity contribution in [2.45, 2.75) is 51.4 Å². The molecule has 0 heterocycles. The molecule has 0 radical (unpaired) electrons. The van der Waals surface area contributed by atoms with Crippen LogP contribution in [0.15, 0.2) is 12.2 Å². The van der Waals surface area contributed by atoms with Gasteiger partial charge in [0, 0.05) is 0 Å². The molecule has 0 saturated heterocycles. The summed E-state index contributed by atoms with van der Waals surface area (Å²) in [5.74, 6) is 0. The van der Waals surface area contributed by atoms with Gasteiger partial charge in [-0.25, -0.2) is 9.59 Å². The molecule has 0 rings (SSSR count). The van der Waals surface area contributed by atoms with Gasteiger partial charge in [0.25, 0.3) is 0 Å². The Balaban J connectivity index is 3.12. The van der Waals surface area contributed by atoms with Gasteiger partial charge in [0.1, 0.15) is 0 Å². The van der Waals surface area contributed by atoms with Crippen molar-refractivity contribution in [2.75, 3.05) is 13.2 Å². The van der Waals surface area contributed by atoms with E-state index in [1.165, 1.54) is 0 Å². The van der Waals surface area contributed by atoms with Crippen molar-refractivity contribution in [3.63, 3.8) is 0 Å². The first kappa shape index (κ1) is 18.3. The number of hydrogen-bond donors (Lipinski definition) is 2. The summed E-state index contributed by atoms with van der Waals surface area (Å²) in [5.41, 5.74) is 0. The van der Waals surface area contributed by atoms with Crippen LogP contribution in [0.5, 0.6) is 0 Å². The Hall–Kier alpha value is -1.72. The van der Waals surface area contributed by atoms with Gasteiger partial charge in [0.15, 0.2) is 0 Å². The molecule has 20 heavy (non-hydrogen) atoms. The van der Waals surface area contributed by atoms with Gasteiger partial charge in [-0.3, -0.25) is 0 Å². The zero-order valence-corrected chi connectivity index (χ0v) is 11.8. The van der Waals surface area contributed by atoms with Crippen LogP contribution in [0.4, 0.5) is 9.59 Å². The Kier molecular flexibility index (Phi) is 12.5. The van der Waals surface area contributed by atoms with E-state index >= 15 is 0 Å². The third-order valence-electron chi connectivity index (χ3n) is 2.65. The molecule has 2 N–H and O–H groups in total. The van der Waals surface area contributed by atoms with E-state index in [-0.39, 0.29) is 13.2 Å². The highest BCUT2D eigenvalue weighted by Crippen LogP contribution is 2.04. The number of carboxylic acid groups (broad SMARTS) is 2. The normalized spacial score (nSPS) is 10.6. The van der Waals surface area contributed by atoms with Gasteiger partial charge in [-0.2, -0.15) is 0 Å². The minimum absolute atomic E-state index is 0.275. The van der Waals surface area contributed by atoms with Crippen LogP contribution in [0.25, 0.3) is 0 Å². The molecule has 0 saturated carbocycles. The fourth-order valence-electron chi connectivity index (χ4n) is 1.64. The molecule has 0 aromatic rings. The van der Waals surface area contributed by atoms with E-state index in [4.69, 9.17) is 10.2 Å². The maximum Gasteiger partial charge on any atom is 0.505 e. The second kappa shape index (κ2) is 13.7. The first-order chi connectivity index (χ1) is 9.63. The average molecular weight is 288 g/mol. The topological polar surface area (TPSA) is 93.1 Å². The molecule has 0 aromatic carbocycles. The Labute approximate surface area is 119 Å². The van der Waals surface area contributed by atoms with E-state index in [0.717, 1.165) is 51.4 Å². The maximum atomic E-state index is 10.1. The second-order valence-corrected chi connectivity index (χ2v) is 4.40. The van der Waals surface area contributed by atoms with Crippen molar-refractivity contribution in [2.24, 2.45) is 0 Å². The van der Waals surface area contributed by atoms with E-state index in [0.29, 0.717) is 0 Å². The van der Waals surface area contributed by atoms with Gasteiger partial charge in [-0.05, 0) is 51.4 Å². The van der Waals surface area contributed by atoms with Crippen LogP contribution in [-0.4, -0.2) is 35.7 Å². The minimum Gasteiger partial charge on any atom is -0.450 e. The molecule has 0 aliphatic rings. The van der Waals surface area contributed by atoms with Gasteiger partial charge >= 0.3 is 12.3 Å². The van der Waals surface area contributed by atoms with E-state index in [2.05, 4.69) is 21.6 Å². The SMILES string of the molecule is O=C(O)OCCCCCC=CCCCCCOC(=O)O. The van der Waals surface area contributed by atoms with Gasteiger partial charge in [0.2, 0.25) is 0 Å². The molecule has 0 aromatic heterocycles. The first-order valence-corrected chi connectivity index (χ1v) is 6.99. The van der Waals surface area contributed by atoms with E-state index in [1.54, 1.807) is 0 Å². The second-order valence-electron chi connectivity index (χ2n) is 4.40. The van der Waals surface area contributed by atoms with Crippen LogP contribution in [0.1, 0.15) is 51.4 Å². The van der Waals surface area contributed by atoms with Crippen molar-refractivity contribution in [1.29, 1.82) is 0 Å². The molecule has 0 aliphatic carbocycles. The van der Waals surface area contributed by atoms with Crippen molar-refractivity contribution in [3.05, 3.63) is 12.2 Å². The Morgan fingerprint density at radius 3 is 1.45 bits per heavy atom. The fraction of sp³-hybridized carbons (Fsp3) is 0.714. The predicted molar refractivity (Wildman–Crippen MR) is 74.0 cm³/mol. The summed E-state index contributed by atoms with van der Waals surface area (Å²) in [5, 5.41) is 16.5. The lowest BCUT2D eigenvalue weighted by atomic mass is 10.1. The quantitative estimate of drug-likeness (QED) is 0.319. The highest BCUT2D eigenvalue weighted by atomic mass is 16.7. The number of carbonyl (C=O) groups is 2. The standard InChI is InChI=1S/C14H24O6/c15-13(16)19-11-9-7-5-3-1-2-4-6-8-10-12-20-14(17)18/h1-2H,3-12H2,(H,15,16)(H,17,18). The molecule has 0 fully saturated rings. The molecule has 0 aliphatic heterocycles. The van der Waals surface area contributed by atoms with Crippen LogP contribution < -0.4 is 0 Å². The highest BCUT2D eigenvalue weighted by molar-refractivity contribution is 5.56. The number of unbranched alkanes of at least 4 members (excludes halogenated alkanes) is 6. The molecular weight excluding hydrogens is 264 g/mol. The lowest BCUT2D eigenvalue weighted by molar-refractivity contribution is 0.0888. The third kappa shape index (κ3) is 16.3. The summed E-state index contributed by atoms with van der Waals surface area (Å²) >= 11 is 0. The van der Waals surface area contributed by atoms with Crippen molar-refractivity contribution in [3.8, 4) is 0 Å². The highest BCUT2D eigenvalue weighted by Gasteiger charge is 1.95. The minimum atomic E-state index is -1.21. The molecule has 6 nitrogen and oxygen atoms in total. The summed E-state index contributed by atoms with van der Waals surface area (Å²) in [4.78, 5) is 20.1. The molecule has 116 valence electrons. The molecule has 6 heteroatoms. The Bertz CT molecular complexity index is 259. The number of allylic oxidation sites excluding steroid dienone is 2. The molecule has 0 amide bonds. The van der Waals surface area contributed by atoms with Gasteiger partial charge in [-0.15, -0.1) is 0 Å². The average Bonchev–Trinajstić information content (AvgIpc) is 2.38. The van der Waals surface area contributed by atoms with Gasteiger partial charge in [-0.1, -0.05) is 12.2 Å².